The van der Waals surface area contributed by atoms with Crippen LogP contribution < -0.4 is 4.90 Å². The molecule has 0 spiro atoms. The minimum atomic E-state index is -0.354. The lowest BCUT2D eigenvalue weighted by atomic mass is 10.1. The van der Waals surface area contributed by atoms with Gasteiger partial charge in [0.15, 0.2) is 0 Å². The first-order chi connectivity index (χ1) is 11.5. The van der Waals surface area contributed by atoms with Crippen molar-refractivity contribution in [2.75, 3.05) is 31.1 Å². The third kappa shape index (κ3) is 4.57. The molecule has 0 N–H and O–H groups in total. The average molecular weight is 341 g/mol. The highest BCUT2D eigenvalue weighted by atomic mass is 16.6. The third-order valence-electron chi connectivity index (χ3n) is 4.63. The Morgan fingerprint density at radius 2 is 1.64 bits per heavy atom. The van der Waals surface area contributed by atoms with Crippen molar-refractivity contribution in [1.29, 1.82) is 0 Å². The van der Waals surface area contributed by atoms with Crippen molar-refractivity contribution in [2.24, 2.45) is 0 Å². The smallest absolute Gasteiger partial charge is 0.269 e. The van der Waals surface area contributed by atoms with Crippen molar-refractivity contribution >= 4 is 11.4 Å². The van der Waals surface area contributed by atoms with E-state index in [4.69, 9.17) is 0 Å². The Kier molecular flexibility index (Phi) is 6.15. The summed E-state index contributed by atoms with van der Waals surface area (Å²) in [6, 6.07) is 13.5. The summed E-state index contributed by atoms with van der Waals surface area (Å²) in [7, 11) is 0. The predicted molar refractivity (Wildman–Crippen MR) is 103 cm³/mol. The van der Waals surface area contributed by atoms with E-state index in [2.05, 4.69) is 41.8 Å². The molecule has 1 heterocycles. The molecule has 5 heteroatoms. The average Bonchev–Trinajstić information content (AvgIpc) is 2.58. The highest BCUT2D eigenvalue weighted by Gasteiger charge is 2.18. The first-order valence-corrected chi connectivity index (χ1v) is 8.31. The van der Waals surface area contributed by atoms with Gasteiger partial charge in [-0.05, 0) is 36.6 Å². The zero-order valence-electron chi connectivity index (χ0n) is 14.2. The summed E-state index contributed by atoms with van der Waals surface area (Å²) < 4.78 is 0. The number of aryl methyl sites for hydroxylation is 2. The standard InChI is InChI=1S/C19H23N3O2.CH4/c1-15-3-4-16(2)19(13-15)21-11-9-20(10-12-21)14-17-5-7-18(8-6-17)22(23)24;/h3-8,13H,9-12,14H2,1-2H3;1H4. The quantitative estimate of drug-likeness (QED) is 0.618. The molecule has 0 aliphatic carbocycles. The minimum absolute atomic E-state index is 0. The molecular weight excluding hydrogens is 314 g/mol. The van der Waals surface area contributed by atoms with Crippen LogP contribution in [0.5, 0.6) is 0 Å². The fourth-order valence-electron chi connectivity index (χ4n) is 3.19. The molecule has 0 amide bonds. The van der Waals surface area contributed by atoms with Gasteiger partial charge in [-0.25, -0.2) is 0 Å². The van der Waals surface area contributed by atoms with Gasteiger partial charge in [-0.1, -0.05) is 31.7 Å². The highest BCUT2D eigenvalue weighted by molar-refractivity contribution is 5.55. The van der Waals surface area contributed by atoms with Crippen molar-refractivity contribution in [2.45, 2.75) is 27.8 Å². The van der Waals surface area contributed by atoms with Crippen molar-refractivity contribution in [3.8, 4) is 0 Å². The summed E-state index contributed by atoms with van der Waals surface area (Å²) in [6.45, 7) is 9.17. The number of hydrogen-bond donors (Lipinski definition) is 0. The van der Waals surface area contributed by atoms with Gasteiger partial charge in [0.25, 0.3) is 5.69 Å². The molecule has 0 aromatic heterocycles. The Balaban J connectivity index is 0.00000225. The summed E-state index contributed by atoms with van der Waals surface area (Å²) >= 11 is 0. The Labute approximate surface area is 150 Å². The maximum Gasteiger partial charge on any atom is 0.269 e. The Morgan fingerprint density at radius 1 is 1.00 bits per heavy atom. The second-order valence-corrected chi connectivity index (χ2v) is 6.48. The number of nitro benzene ring substituents is 1. The van der Waals surface area contributed by atoms with Crippen LogP contribution in [0.15, 0.2) is 42.5 Å². The van der Waals surface area contributed by atoms with Crippen LogP contribution in [0.25, 0.3) is 0 Å². The van der Waals surface area contributed by atoms with Crippen LogP contribution in [0.3, 0.4) is 0 Å². The van der Waals surface area contributed by atoms with Gasteiger partial charge in [0.1, 0.15) is 0 Å². The zero-order chi connectivity index (χ0) is 17.1. The largest absolute Gasteiger partial charge is 0.369 e. The van der Waals surface area contributed by atoms with E-state index in [-0.39, 0.29) is 18.0 Å². The maximum atomic E-state index is 10.7. The number of nitro groups is 1. The normalized spacial score (nSPS) is 14.9. The zero-order valence-corrected chi connectivity index (χ0v) is 14.2. The maximum absolute atomic E-state index is 10.7. The summed E-state index contributed by atoms with van der Waals surface area (Å²) in [6.07, 6.45) is 0. The van der Waals surface area contributed by atoms with E-state index in [0.717, 1.165) is 38.3 Å². The van der Waals surface area contributed by atoms with Gasteiger partial charge in [-0.2, -0.15) is 0 Å². The van der Waals surface area contributed by atoms with Crippen LogP contribution in [-0.4, -0.2) is 36.0 Å². The molecule has 25 heavy (non-hydrogen) atoms. The lowest BCUT2D eigenvalue weighted by Crippen LogP contribution is -2.46. The molecule has 1 fully saturated rings. The molecule has 0 atom stereocenters. The minimum Gasteiger partial charge on any atom is -0.369 e. The number of hydrogen-bond acceptors (Lipinski definition) is 4. The molecule has 0 bridgehead atoms. The van der Waals surface area contributed by atoms with Gasteiger partial charge in [-0.15, -0.1) is 0 Å². The molecule has 1 saturated heterocycles. The van der Waals surface area contributed by atoms with E-state index in [0.29, 0.717) is 0 Å². The van der Waals surface area contributed by atoms with Crippen molar-refractivity contribution in [3.05, 3.63) is 69.3 Å². The molecule has 0 radical (unpaired) electrons. The Hall–Kier alpha value is -2.40. The van der Waals surface area contributed by atoms with Crippen LogP contribution in [0.1, 0.15) is 24.1 Å². The van der Waals surface area contributed by atoms with Crippen molar-refractivity contribution in [3.63, 3.8) is 0 Å². The molecule has 0 saturated carbocycles. The molecule has 5 nitrogen and oxygen atoms in total. The number of rotatable bonds is 4. The second-order valence-electron chi connectivity index (χ2n) is 6.48. The lowest BCUT2D eigenvalue weighted by Gasteiger charge is -2.37. The van der Waals surface area contributed by atoms with E-state index >= 15 is 0 Å². The second kappa shape index (κ2) is 8.12. The fraction of sp³-hybridized carbons (Fsp3) is 0.400. The molecular formula is C20H27N3O2. The number of anilines is 1. The van der Waals surface area contributed by atoms with E-state index < -0.39 is 0 Å². The van der Waals surface area contributed by atoms with Crippen LogP contribution in [0.2, 0.25) is 0 Å². The van der Waals surface area contributed by atoms with Gasteiger partial charge < -0.3 is 4.90 Å². The highest BCUT2D eigenvalue weighted by Crippen LogP contribution is 2.23. The van der Waals surface area contributed by atoms with E-state index in [1.54, 1.807) is 12.1 Å². The van der Waals surface area contributed by atoms with Gasteiger partial charge in [0.2, 0.25) is 0 Å². The molecule has 2 aromatic carbocycles. The topological polar surface area (TPSA) is 49.6 Å². The molecule has 134 valence electrons. The van der Waals surface area contributed by atoms with Gasteiger partial charge in [0.05, 0.1) is 4.92 Å². The van der Waals surface area contributed by atoms with Gasteiger partial charge in [-0.3, -0.25) is 15.0 Å². The Morgan fingerprint density at radius 3 is 2.24 bits per heavy atom. The lowest BCUT2D eigenvalue weighted by molar-refractivity contribution is -0.384. The van der Waals surface area contributed by atoms with Crippen LogP contribution in [0.4, 0.5) is 11.4 Å². The van der Waals surface area contributed by atoms with Crippen LogP contribution >= 0.6 is 0 Å². The van der Waals surface area contributed by atoms with E-state index in [9.17, 15) is 10.1 Å². The monoisotopic (exact) mass is 341 g/mol. The summed E-state index contributed by atoms with van der Waals surface area (Å²) in [5.41, 5.74) is 5.23. The number of non-ortho nitro benzene ring substituents is 1. The third-order valence-corrected chi connectivity index (χ3v) is 4.63. The number of nitrogens with zero attached hydrogens (tertiary/aromatic N) is 3. The van der Waals surface area contributed by atoms with Crippen LogP contribution in [-0.2, 0) is 6.54 Å². The van der Waals surface area contributed by atoms with Crippen molar-refractivity contribution in [1.82, 2.24) is 4.90 Å². The summed E-state index contributed by atoms with van der Waals surface area (Å²) in [5.74, 6) is 0. The molecule has 1 aliphatic rings. The summed E-state index contributed by atoms with van der Waals surface area (Å²) in [4.78, 5) is 15.2. The SMILES string of the molecule is C.Cc1ccc(C)c(N2CCN(Cc3ccc([N+](=O)[O-])cc3)CC2)c1. The first-order valence-electron chi connectivity index (χ1n) is 8.31. The molecule has 0 unspecified atom stereocenters. The Bertz CT molecular complexity index is 720. The van der Waals surface area contributed by atoms with Crippen LogP contribution in [0, 0.1) is 24.0 Å². The molecule has 3 rings (SSSR count). The molecule has 2 aromatic rings. The fourth-order valence-corrected chi connectivity index (χ4v) is 3.19. The first kappa shape index (κ1) is 18.9. The van der Waals surface area contributed by atoms with Gasteiger partial charge >= 0.3 is 0 Å². The van der Waals surface area contributed by atoms with E-state index in [1.165, 1.54) is 16.8 Å². The summed E-state index contributed by atoms with van der Waals surface area (Å²) in [5, 5.41) is 10.7. The number of piperazine rings is 1. The van der Waals surface area contributed by atoms with Crippen molar-refractivity contribution < 1.29 is 4.92 Å². The molecule has 1 aliphatic heterocycles. The van der Waals surface area contributed by atoms with E-state index in [1.807, 2.05) is 12.1 Å². The van der Waals surface area contributed by atoms with Gasteiger partial charge in [0, 0.05) is 50.5 Å². The number of benzene rings is 2. The predicted octanol–water partition coefficient (Wildman–Crippen LogP) is 4.17.